The molecule has 0 saturated carbocycles. The first-order valence-corrected chi connectivity index (χ1v) is 8.57. The molecule has 0 N–H and O–H groups in total. The topological polar surface area (TPSA) is 46.3 Å². The Balaban J connectivity index is 1.67. The Bertz CT molecular complexity index is 905. The van der Waals surface area contributed by atoms with Crippen LogP contribution >= 0.6 is 15.9 Å². The maximum atomic E-state index is 12.9. The molecule has 0 bridgehead atoms. The molecule has 2 aromatic carbocycles. The molecule has 1 aromatic heterocycles. The second-order valence-electron chi connectivity index (χ2n) is 5.94. The predicted octanol–water partition coefficient (Wildman–Crippen LogP) is 4.70. The molecule has 0 fully saturated rings. The third kappa shape index (κ3) is 2.55. The summed E-state index contributed by atoms with van der Waals surface area (Å²) in [6.07, 6.45) is 0.837. The maximum absolute atomic E-state index is 12.9. The van der Waals surface area contributed by atoms with Crippen LogP contribution in [-0.4, -0.2) is 17.1 Å². The van der Waals surface area contributed by atoms with Gasteiger partial charge in [-0.3, -0.25) is 4.79 Å². The van der Waals surface area contributed by atoms with Crippen LogP contribution in [0.25, 0.3) is 11.3 Å². The number of fused-ring (bicyclic) bond motifs is 1. The van der Waals surface area contributed by atoms with Gasteiger partial charge in [0.1, 0.15) is 0 Å². The predicted molar refractivity (Wildman–Crippen MR) is 96.1 cm³/mol. The van der Waals surface area contributed by atoms with Crippen LogP contribution in [0.4, 0.5) is 5.69 Å². The van der Waals surface area contributed by atoms with Crippen LogP contribution < -0.4 is 4.90 Å². The zero-order chi connectivity index (χ0) is 16.7. The molecule has 0 radical (unpaired) electrons. The van der Waals surface area contributed by atoms with E-state index in [1.165, 1.54) is 0 Å². The zero-order valence-corrected chi connectivity index (χ0v) is 14.7. The SMILES string of the molecule is C[C@H]1Cc2cc(Br)ccc2N1C(=O)c1cc(-c2ccccc2)on1. The van der Waals surface area contributed by atoms with E-state index in [-0.39, 0.29) is 11.9 Å². The van der Waals surface area contributed by atoms with Gasteiger partial charge in [0, 0.05) is 27.8 Å². The highest BCUT2D eigenvalue weighted by Crippen LogP contribution is 2.35. The molecule has 0 spiro atoms. The lowest BCUT2D eigenvalue weighted by Gasteiger charge is -2.21. The van der Waals surface area contributed by atoms with Crippen molar-refractivity contribution in [1.82, 2.24) is 5.16 Å². The highest BCUT2D eigenvalue weighted by Gasteiger charge is 2.33. The standard InChI is InChI=1S/C19H15BrN2O2/c1-12-9-14-10-15(20)7-8-17(14)22(12)19(23)16-11-18(24-21-16)13-5-3-2-4-6-13/h2-8,10-12H,9H2,1H3/t12-/m0/s1. The first-order chi connectivity index (χ1) is 11.6. The number of aromatic nitrogens is 1. The van der Waals surface area contributed by atoms with Gasteiger partial charge in [-0.2, -0.15) is 0 Å². The van der Waals surface area contributed by atoms with Crippen LogP contribution in [0.3, 0.4) is 0 Å². The van der Waals surface area contributed by atoms with E-state index >= 15 is 0 Å². The van der Waals surface area contributed by atoms with Crippen molar-refractivity contribution >= 4 is 27.5 Å². The van der Waals surface area contributed by atoms with E-state index in [1.807, 2.05) is 49.4 Å². The van der Waals surface area contributed by atoms with E-state index in [2.05, 4.69) is 27.2 Å². The molecule has 2 heterocycles. The van der Waals surface area contributed by atoms with E-state index in [4.69, 9.17) is 4.52 Å². The zero-order valence-electron chi connectivity index (χ0n) is 13.1. The van der Waals surface area contributed by atoms with Gasteiger partial charge in [-0.05, 0) is 37.1 Å². The molecule has 1 aliphatic rings. The highest BCUT2D eigenvalue weighted by atomic mass is 79.9. The monoisotopic (exact) mass is 382 g/mol. The van der Waals surface area contributed by atoms with Crippen molar-refractivity contribution < 1.29 is 9.32 Å². The van der Waals surface area contributed by atoms with Crippen molar-refractivity contribution in [2.45, 2.75) is 19.4 Å². The van der Waals surface area contributed by atoms with Gasteiger partial charge in [-0.25, -0.2) is 0 Å². The molecule has 24 heavy (non-hydrogen) atoms. The number of benzene rings is 2. The van der Waals surface area contributed by atoms with Crippen LogP contribution in [0.15, 0.2) is 63.6 Å². The average Bonchev–Trinajstić information content (AvgIpc) is 3.19. The Morgan fingerprint density at radius 3 is 2.79 bits per heavy atom. The van der Waals surface area contributed by atoms with E-state index in [0.717, 1.165) is 27.7 Å². The summed E-state index contributed by atoms with van der Waals surface area (Å²) < 4.78 is 6.39. The van der Waals surface area contributed by atoms with Gasteiger partial charge < -0.3 is 9.42 Å². The van der Waals surface area contributed by atoms with Crippen LogP contribution in [0, 0.1) is 0 Å². The Morgan fingerprint density at radius 2 is 2.00 bits per heavy atom. The van der Waals surface area contributed by atoms with Crippen molar-refractivity contribution in [3.05, 3.63) is 70.3 Å². The smallest absolute Gasteiger partial charge is 0.280 e. The number of carbonyl (C=O) groups excluding carboxylic acids is 1. The van der Waals surface area contributed by atoms with Crippen LogP contribution in [0.2, 0.25) is 0 Å². The normalized spacial score (nSPS) is 16.2. The molecule has 0 unspecified atom stereocenters. The Morgan fingerprint density at radius 1 is 1.21 bits per heavy atom. The number of hydrogen-bond donors (Lipinski definition) is 0. The van der Waals surface area contributed by atoms with Gasteiger partial charge in [-0.15, -0.1) is 0 Å². The molecular weight excluding hydrogens is 368 g/mol. The number of nitrogens with zero attached hydrogens (tertiary/aromatic N) is 2. The second-order valence-corrected chi connectivity index (χ2v) is 6.86. The Hall–Kier alpha value is -2.40. The molecule has 4 nitrogen and oxygen atoms in total. The van der Waals surface area contributed by atoms with Crippen molar-refractivity contribution in [1.29, 1.82) is 0 Å². The van der Waals surface area contributed by atoms with E-state index in [9.17, 15) is 4.79 Å². The Kier molecular flexibility index (Phi) is 3.73. The summed E-state index contributed by atoms with van der Waals surface area (Å²) in [6.45, 7) is 2.05. The molecule has 120 valence electrons. The summed E-state index contributed by atoms with van der Waals surface area (Å²) >= 11 is 3.49. The minimum atomic E-state index is -0.130. The molecule has 0 saturated heterocycles. The fourth-order valence-electron chi connectivity index (χ4n) is 3.15. The number of anilines is 1. The van der Waals surface area contributed by atoms with Gasteiger partial charge in [0.15, 0.2) is 11.5 Å². The summed E-state index contributed by atoms with van der Waals surface area (Å²) in [5, 5.41) is 3.99. The maximum Gasteiger partial charge on any atom is 0.280 e. The average molecular weight is 383 g/mol. The molecule has 3 aromatic rings. The quantitative estimate of drug-likeness (QED) is 0.645. The second kappa shape index (κ2) is 5.91. The van der Waals surface area contributed by atoms with E-state index in [1.54, 1.807) is 11.0 Å². The summed E-state index contributed by atoms with van der Waals surface area (Å²) in [5.41, 5.74) is 3.34. The fourth-order valence-corrected chi connectivity index (χ4v) is 3.56. The van der Waals surface area contributed by atoms with Crippen LogP contribution in [0.5, 0.6) is 0 Å². The van der Waals surface area contributed by atoms with Gasteiger partial charge in [0.05, 0.1) is 0 Å². The summed E-state index contributed by atoms with van der Waals surface area (Å²) in [4.78, 5) is 14.7. The Labute approximate surface area is 148 Å². The first kappa shape index (κ1) is 15.1. The minimum Gasteiger partial charge on any atom is -0.355 e. The van der Waals surface area contributed by atoms with Crippen molar-refractivity contribution in [3.63, 3.8) is 0 Å². The fraction of sp³-hybridized carbons (Fsp3) is 0.158. The molecule has 1 amide bonds. The van der Waals surface area contributed by atoms with Crippen LogP contribution in [0.1, 0.15) is 23.0 Å². The highest BCUT2D eigenvalue weighted by molar-refractivity contribution is 9.10. The number of hydrogen-bond acceptors (Lipinski definition) is 3. The summed E-state index contributed by atoms with van der Waals surface area (Å²) in [5.74, 6) is 0.469. The lowest BCUT2D eigenvalue weighted by Crippen LogP contribution is -2.35. The minimum absolute atomic E-state index is 0.0960. The van der Waals surface area contributed by atoms with Gasteiger partial charge in [-0.1, -0.05) is 51.4 Å². The lowest BCUT2D eigenvalue weighted by atomic mass is 10.1. The first-order valence-electron chi connectivity index (χ1n) is 7.77. The molecule has 1 aliphatic heterocycles. The molecule has 1 atom stereocenters. The van der Waals surface area contributed by atoms with Gasteiger partial charge >= 0.3 is 0 Å². The van der Waals surface area contributed by atoms with Gasteiger partial charge in [0.25, 0.3) is 5.91 Å². The number of carbonyl (C=O) groups is 1. The third-order valence-electron chi connectivity index (χ3n) is 4.26. The lowest BCUT2D eigenvalue weighted by molar-refractivity contribution is 0.0973. The van der Waals surface area contributed by atoms with E-state index in [0.29, 0.717) is 11.5 Å². The molecular formula is C19H15BrN2O2. The van der Waals surface area contributed by atoms with E-state index < -0.39 is 0 Å². The largest absolute Gasteiger partial charge is 0.355 e. The molecule has 4 rings (SSSR count). The molecule has 5 heteroatoms. The van der Waals surface area contributed by atoms with Crippen molar-refractivity contribution in [2.75, 3.05) is 4.90 Å². The number of rotatable bonds is 2. The third-order valence-corrected chi connectivity index (χ3v) is 4.76. The summed E-state index contributed by atoms with van der Waals surface area (Å²) in [6, 6.07) is 17.4. The summed E-state index contributed by atoms with van der Waals surface area (Å²) in [7, 11) is 0. The van der Waals surface area contributed by atoms with Gasteiger partial charge in [0.2, 0.25) is 0 Å². The number of amides is 1. The van der Waals surface area contributed by atoms with Crippen molar-refractivity contribution in [2.24, 2.45) is 0 Å². The van der Waals surface area contributed by atoms with Crippen LogP contribution in [-0.2, 0) is 6.42 Å². The number of halogens is 1. The molecule has 0 aliphatic carbocycles. The van der Waals surface area contributed by atoms with Crippen molar-refractivity contribution in [3.8, 4) is 11.3 Å².